The highest BCUT2D eigenvalue weighted by Crippen LogP contribution is 2.31. The van der Waals surface area contributed by atoms with Gasteiger partial charge >= 0.3 is 6.61 Å². The van der Waals surface area contributed by atoms with Crippen molar-refractivity contribution in [3.8, 4) is 0 Å². The average Bonchev–Trinajstić information content (AvgIpc) is 2.29. The Morgan fingerprint density at radius 1 is 1.50 bits per heavy atom. The molecule has 2 rings (SSSR count). The van der Waals surface area contributed by atoms with Crippen LogP contribution in [-0.4, -0.2) is 38.0 Å². The fourth-order valence-corrected chi connectivity index (χ4v) is 1.69. The van der Waals surface area contributed by atoms with Crippen LogP contribution in [0.1, 0.15) is 6.42 Å². The molecule has 1 N–H and O–H groups in total. The van der Waals surface area contributed by atoms with E-state index in [1.165, 1.54) is 0 Å². The molecule has 1 spiro atoms. The first-order valence-electron chi connectivity index (χ1n) is 3.98. The van der Waals surface area contributed by atoms with Crippen LogP contribution in [0.5, 0.6) is 0 Å². The summed E-state index contributed by atoms with van der Waals surface area (Å²) in [5, 5.41) is 3.05. The van der Waals surface area contributed by atoms with Crippen molar-refractivity contribution in [2.24, 2.45) is 0 Å². The van der Waals surface area contributed by atoms with Crippen LogP contribution in [0.3, 0.4) is 0 Å². The van der Waals surface area contributed by atoms with Crippen molar-refractivity contribution in [3.63, 3.8) is 0 Å². The van der Waals surface area contributed by atoms with Gasteiger partial charge in [-0.05, 0) is 0 Å². The van der Waals surface area contributed by atoms with Crippen molar-refractivity contribution >= 4 is 0 Å². The zero-order chi connectivity index (χ0) is 8.60. The maximum Gasteiger partial charge on any atom is 0.345 e. The molecule has 70 valence electrons. The van der Waals surface area contributed by atoms with Crippen LogP contribution in [-0.2, 0) is 9.47 Å². The molecule has 5 heteroatoms. The van der Waals surface area contributed by atoms with E-state index >= 15 is 0 Å². The third-order valence-electron chi connectivity index (χ3n) is 2.36. The number of ether oxygens (including phenoxy) is 2. The minimum absolute atomic E-state index is 0.195. The van der Waals surface area contributed by atoms with Gasteiger partial charge in [0, 0.05) is 19.5 Å². The summed E-state index contributed by atoms with van der Waals surface area (Å²) in [4.78, 5) is 0. The number of nitrogens with one attached hydrogen (secondary N) is 1. The van der Waals surface area contributed by atoms with Gasteiger partial charge in [-0.1, -0.05) is 0 Å². The summed E-state index contributed by atoms with van der Waals surface area (Å²) in [5.41, 5.74) is -0.195. The van der Waals surface area contributed by atoms with E-state index < -0.39 is 12.7 Å². The Balaban J connectivity index is 1.81. The molecule has 2 aliphatic heterocycles. The van der Waals surface area contributed by atoms with Crippen LogP contribution in [0.15, 0.2) is 0 Å². The van der Waals surface area contributed by atoms with E-state index in [0.29, 0.717) is 13.0 Å². The molecule has 0 unspecified atom stereocenters. The molecule has 2 fully saturated rings. The fraction of sp³-hybridized carbons (Fsp3) is 1.00. The number of halogens is 2. The molecule has 0 amide bonds. The standard InChI is InChI=1S/C7H11F2NO2/c8-6(9)12-5-1-7(11-2-5)3-10-4-7/h5-6,10H,1-4H2/t5-/m1/s1. The smallest absolute Gasteiger partial charge is 0.345 e. The Hall–Kier alpha value is -0.260. The molecule has 3 nitrogen and oxygen atoms in total. The number of alkyl halides is 2. The topological polar surface area (TPSA) is 30.5 Å². The molecule has 12 heavy (non-hydrogen) atoms. The van der Waals surface area contributed by atoms with Gasteiger partial charge < -0.3 is 14.8 Å². The van der Waals surface area contributed by atoms with Crippen molar-refractivity contribution < 1.29 is 18.3 Å². The summed E-state index contributed by atoms with van der Waals surface area (Å²) in [7, 11) is 0. The van der Waals surface area contributed by atoms with E-state index in [-0.39, 0.29) is 5.60 Å². The third kappa shape index (κ3) is 1.44. The highest BCUT2D eigenvalue weighted by molar-refractivity contribution is 5.00. The molecule has 1 atom stereocenters. The molecular weight excluding hydrogens is 168 g/mol. The van der Waals surface area contributed by atoms with Crippen LogP contribution in [0, 0.1) is 0 Å². The average molecular weight is 179 g/mol. The lowest BCUT2D eigenvalue weighted by Crippen LogP contribution is -2.59. The second kappa shape index (κ2) is 2.90. The van der Waals surface area contributed by atoms with Crippen LogP contribution < -0.4 is 5.32 Å². The van der Waals surface area contributed by atoms with Crippen molar-refractivity contribution in [2.45, 2.75) is 24.7 Å². The Morgan fingerprint density at radius 3 is 2.67 bits per heavy atom. The lowest BCUT2D eigenvalue weighted by molar-refractivity contribution is -0.161. The highest BCUT2D eigenvalue weighted by Gasteiger charge is 2.46. The highest BCUT2D eigenvalue weighted by atomic mass is 19.3. The first-order chi connectivity index (χ1) is 5.70. The second-order valence-electron chi connectivity index (χ2n) is 3.32. The SMILES string of the molecule is FC(F)O[C@H]1COC2(CNC2)C1. The Bertz CT molecular complexity index is 173. The minimum atomic E-state index is -2.68. The van der Waals surface area contributed by atoms with Crippen molar-refractivity contribution in [3.05, 3.63) is 0 Å². The first kappa shape index (κ1) is 8.34. The van der Waals surface area contributed by atoms with Gasteiger partial charge in [-0.15, -0.1) is 0 Å². The molecule has 0 radical (unpaired) electrons. The summed E-state index contributed by atoms with van der Waals surface area (Å²) in [5.74, 6) is 0. The molecule has 2 aliphatic rings. The summed E-state index contributed by atoms with van der Waals surface area (Å²) < 4.78 is 33.3. The zero-order valence-electron chi connectivity index (χ0n) is 6.56. The predicted octanol–water partition coefficient (Wildman–Crippen LogP) is 0.357. The maximum absolute atomic E-state index is 11.8. The van der Waals surface area contributed by atoms with Crippen LogP contribution >= 0.6 is 0 Å². The first-order valence-corrected chi connectivity index (χ1v) is 3.98. The van der Waals surface area contributed by atoms with E-state index in [2.05, 4.69) is 10.1 Å². The second-order valence-corrected chi connectivity index (χ2v) is 3.32. The molecule has 0 aromatic rings. The van der Waals surface area contributed by atoms with Gasteiger partial charge in [-0.25, -0.2) is 0 Å². The lowest BCUT2D eigenvalue weighted by Gasteiger charge is -2.37. The summed E-state index contributed by atoms with van der Waals surface area (Å²) >= 11 is 0. The third-order valence-corrected chi connectivity index (χ3v) is 2.36. The summed E-state index contributed by atoms with van der Waals surface area (Å²) in [6.45, 7) is -0.861. The van der Waals surface area contributed by atoms with Gasteiger partial charge in [0.15, 0.2) is 0 Å². The van der Waals surface area contributed by atoms with Gasteiger partial charge in [-0.3, -0.25) is 0 Å². The van der Waals surface area contributed by atoms with E-state index in [1.54, 1.807) is 0 Å². The molecule has 0 bridgehead atoms. The Kier molecular flexibility index (Phi) is 2.02. The number of hydrogen-bond donors (Lipinski definition) is 1. The molecule has 2 heterocycles. The normalized spacial score (nSPS) is 32.8. The van der Waals surface area contributed by atoms with E-state index in [9.17, 15) is 8.78 Å². The quantitative estimate of drug-likeness (QED) is 0.663. The zero-order valence-corrected chi connectivity index (χ0v) is 6.56. The van der Waals surface area contributed by atoms with Crippen LogP contribution in [0.2, 0.25) is 0 Å². The summed E-state index contributed by atoms with van der Waals surface area (Å²) in [6, 6.07) is 0. The Morgan fingerprint density at radius 2 is 2.25 bits per heavy atom. The van der Waals surface area contributed by atoms with Crippen molar-refractivity contribution in [2.75, 3.05) is 19.7 Å². The minimum Gasteiger partial charge on any atom is -0.370 e. The monoisotopic (exact) mass is 179 g/mol. The number of hydrogen-bond acceptors (Lipinski definition) is 3. The molecular formula is C7H11F2NO2. The molecule has 0 aliphatic carbocycles. The fourth-order valence-electron chi connectivity index (χ4n) is 1.69. The molecule has 0 aromatic carbocycles. The van der Waals surface area contributed by atoms with Crippen molar-refractivity contribution in [1.82, 2.24) is 5.32 Å². The van der Waals surface area contributed by atoms with Crippen LogP contribution in [0.25, 0.3) is 0 Å². The maximum atomic E-state index is 11.8. The van der Waals surface area contributed by atoms with E-state index in [4.69, 9.17) is 4.74 Å². The largest absolute Gasteiger partial charge is 0.370 e. The molecule has 0 aromatic heterocycles. The van der Waals surface area contributed by atoms with Gasteiger partial charge in [0.1, 0.15) is 0 Å². The Labute approximate surface area is 69.0 Å². The summed E-state index contributed by atoms with van der Waals surface area (Å²) in [6.07, 6.45) is 0.164. The lowest BCUT2D eigenvalue weighted by atomic mass is 9.93. The molecule has 0 saturated carbocycles. The van der Waals surface area contributed by atoms with Gasteiger partial charge in [0.05, 0.1) is 18.3 Å². The van der Waals surface area contributed by atoms with Gasteiger partial charge in [-0.2, -0.15) is 8.78 Å². The van der Waals surface area contributed by atoms with Gasteiger partial charge in [0.2, 0.25) is 0 Å². The molecule has 2 saturated heterocycles. The van der Waals surface area contributed by atoms with Crippen LogP contribution in [0.4, 0.5) is 8.78 Å². The van der Waals surface area contributed by atoms with Gasteiger partial charge in [0.25, 0.3) is 0 Å². The van der Waals surface area contributed by atoms with Crippen molar-refractivity contribution in [1.29, 1.82) is 0 Å². The van der Waals surface area contributed by atoms with E-state index in [1.807, 2.05) is 0 Å². The number of rotatable bonds is 2. The van der Waals surface area contributed by atoms with E-state index in [0.717, 1.165) is 13.1 Å². The predicted molar refractivity (Wildman–Crippen MR) is 37.0 cm³/mol.